The highest BCUT2D eigenvalue weighted by molar-refractivity contribution is 6.30. The number of aromatic nitrogens is 2. The second-order valence-corrected chi connectivity index (χ2v) is 9.81. The Balaban J connectivity index is 1.58. The maximum absolute atomic E-state index is 14.7. The first-order valence-electron chi connectivity index (χ1n) is 12.7. The van der Waals surface area contributed by atoms with Crippen molar-refractivity contribution in [3.05, 3.63) is 125 Å². The van der Waals surface area contributed by atoms with Crippen molar-refractivity contribution in [1.82, 2.24) is 9.78 Å². The van der Waals surface area contributed by atoms with Crippen LogP contribution in [0.2, 0.25) is 5.02 Å². The molecule has 4 aromatic carbocycles. The van der Waals surface area contributed by atoms with Gasteiger partial charge in [-0.05, 0) is 42.3 Å². The van der Waals surface area contributed by atoms with Gasteiger partial charge in [-0.15, -0.1) is 6.58 Å². The van der Waals surface area contributed by atoms with Crippen molar-refractivity contribution in [3.8, 4) is 22.8 Å². The third-order valence-electron chi connectivity index (χ3n) is 6.64. The number of benzene rings is 4. The highest BCUT2D eigenvalue weighted by Crippen LogP contribution is 2.39. The number of hydrogen-bond acceptors (Lipinski definition) is 3. The minimum absolute atomic E-state index is 0.100. The summed E-state index contributed by atoms with van der Waals surface area (Å²) in [5, 5.41) is 4.85. The minimum Gasteiger partial charge on any atom is -0.493 e. The molecule has 0 fully saturated rings. The number of para-hydroxylation sites is 1. The lowest BCUT2D eigenvalue weighted by atomic mass is 10.0. The zero-order valence-corrected chi connectivity index (χ0v) is 22.8. The lowest BCUT2D eigenvalue weighted by molar-refractivity contribution is -0.136. The zero-order valence-electron chi connectivity index (χ0n) is 22.0. The van der Waals surface area contributed by atoms with Crippen LogP contribution in [0.5, 0.6) is 11.5 Å². The predicted molar refractivity (Wildman–Crippen MR) is 152 cm³/mol. The Morgan fingerprint density at radius 3 is 2.49 bits per heavy atom. The van der Waals surface area contributed by atoms with Crippen molar-refractivity contribution in [3.63, 3.8) is 0 Å². The van der Waals surface area contributed by atoms with E-state index in [2.05, 4.69) is 11.7 Å². The van der Waals surface area contributed by atoms with Gasteiger partial charge < -0.3 is 9.47 Å². The maximum Gasteiger partial charge on any atom is 0.418 e. The second kappa shape index (κ2) is 11.7. The number of hydrogen-bond donors (Lipinski definition) is 0. The van der Waals surface area contributed by atoms with Gasteiger partial charge >= 0.3 is 6.18 Å². The van der Waals surface area contributed by atoms with Gasteiger partial charge in [-0.25, -0.2) is 4.39 Å². The largest absolute Gasteiger partial charge is 0.493 e. The molecule has 0 bridgehead atoms. The fourth-order valence-electron chi connectivity index (χ4n) is 4.78. The van der Waals surface area contributed by atoms with E-state index in [1.165, 1.54) is 22.9 Å². The number of fused-ring (bicyclic) bond motifs is 1. The van der Waals surface area contributed by atoms with E-state index in [1.54, 1.807) is 37.5 Å². The fraction of sp³-hybridized carbons (Fsp3) is 0.156. The van der Waals surface area contributed by atoms with Crippen LogP contribution in [0.15, 0.2) is 91.5 Å². The molecule has 5 rings (SSSR count). The van der Waals surface area contributed by atoms with Crippen molar-refractivity contribution in [2.75, 3.05) is 7.11 Å². The first kappa shape index (κ1) is 28.2. The minimum atomic E-state index is -4.62. The lowest BCUT2D eigenvalue weighted by Crippen LogP contribution is -2.07. The Bertz CT molecular complexity index is 1730. The molecule has 1 heterocycles. The Morgan fingerprint density at radius 1 is 0.976 bits per heavy atom. The summed E-state index contributed by atoms with van der Waals surface area (Å²) in [6.07, 6.45) is -2.26. The van der Waals surface area contributed by atoms with Gasteiger partial charge in [0.15, 0.2) is 11.5 Å². The average Bonchev–Trinajstić information content (AvgIpc) is 3.31. The van der Waals surface area contributed by atoms with Crippen molar-refractivity contribution < 1.29 is 27.0 Å². The smallest absolute Gasteiger partial charge is 0.418 e. The van der Waals surface area contributed by atoms with Gasteiger partial charge in [0, 0.05) is 27.1 Å². The molecule has 0 radical (unpaired) electrons. The van der Waals surface area contributed by atoms with E-state index in [0.717, 1.165) is 23.3 Å². The number of ether oxygens (including phenoxy) is 2. The molecular weight excluding hydrogens is 556 g/mol. The molecule has 0 aliphatic heterocycles. The first-order chi connectivity index (χ1) is 19.7. The Kier molecular flexibility index (Phi) is 8.03. The summed E-state index contributed by atoms with van der Waals surface area (Å²) in [6.45, 7) is 3.87. The zero-order chi connectivity index (χ0) is 29.1. The van der Waals surface area contributed by atoms with Gasteiger partial charge in [-0.1, -0.05) is 66.2 Å². The molecule has 9 heteroatoms. The Hall–Kier alpha value is -4.30. The van der Waals surface area contributed by atoms with Crippen LogP contribution in [-0.4, -0.2) is 16.9 Å². The molecule has 0 amide bonds. The van der Waals surface area contributed by atoms with Crippen LogP contribution in [0, 0.1) is 5.82 Å². The molecule has 5 aromatic rings. The first-order valence-corrected chi connectivity index (χ1v) is 13.1. The summed E-state index contributed by atoms with van der Waals surface area (Å²) in [5.74, 6) is 0.589. The Labute approximate surface area is 239 Å². The monoisotopic (exact) mass is 580 g/mol. The van der Waals surface area contributed by atoms with E-state index >= 15 is 0 Å². The molecule has 210 valence electrons. The van der Waals surface area contributed by atoms with Crippen LogP contribution in [0.3, 0.4) is 0 Å². The molecular formula is C32H25ClF4N2O2. The average molecular weight is 581 g/mol. The van der Waals surface area contributed by atoms with E-state index in [1.807, 2.05) is 24.3 Å². The molecule has 0 saturated heterocycles. The second-order valence-electron chi connectivity index (χ2n) is 9.37. The normalized spacial score (nSPS) is 11.6. The van der Waals surface area contributed by atoms with Crippen LogP contribution >= 0.6 is 11.6 Å². The topological polar surface area (TPSA) is 36.3 Å². The van der Waals surface area contributed by atoms with Gasteiger partial charge in [0.25, 0.3) is 0 Å². The van der Waals surface area contributed by atoms with E-state index < -0.39 is 17.6 Å². The third kappa shape index (κ3) is 5.93. The molecule has 41 heavy (non-hydrogen) atoms. The van der Waals surface area contributed by atoms with Crippen LogP contribution < -0.4 is 9.47 Å². The van der Waals surface area contributed by atoms with E-state index in [9.17, 15) is 17.6 Å². The standard InChI is InChI=1S/C32H25ClF4N2O2/c1-3-7-21-9-5-13-28(40-2)31(21)41-19-20-8-4-10-22(16-20)30-25-11-6-12-26(32(35,36)37)29(25)38-39(30)18-23-14-15-24(33)17-27(23)34/h3-6,8-17H,1,7,18-19H2,2H3. The fourth-order valence-corrected chi connectivity index (χ4v) is 4.94. The molecule has 4 nitrogen and oxygen atoms in total. The number of nitrogens with zero attached hydrogens (tertiary/aromatic N) is 2. The van der Waals surface area contributed by atoms with E-state index in [-0.39, 0.29) is 29.3 Å². The number of halogens is 5. The number of rotatable bonds is 9. The summed E-state index contributed by atoms with van der Waals surface area (Å²) < 4.78 is 69.5. The van der Waals surface area contributed by atoms with Crippen molar-refractivity contribution in [1.29, 1.82) is 0 Å². The van der Waals surface area contributed by atoms with Gasteiger partial charge in [-0.3, -0.25) is 4.68 Å². The summed E-state index contributed by atoms with van der Waals surface area (Å²) in [7, 11) is 1.56. The van der Waals surface area contributed by atoms with Crippen LogP contribution in [-0.2, 0) is 25.7 Å². The maximum atomic E-state index is 14.7. The molecule has 0 N–H and O–H groups in total. The molecule has 0 unspecified atom stereocenters. The number of methoxy groups -OCH3 is 1. The molecule has 0 aliphatic rings. The molecule has 0 atom stereocenters. The number of alkyl halides is 3. The molecule has 0 spiro atoms. The van der Waals surface area contributed by atoms with Gasteiger partial charge in [-0.2, -0.15) is 18.3 Å². The van der Waals surface area contributed by atoms with Crippen LogP contribution in [0.25, 0.3) is 22.2 Å². The summed E-state index contributed by atoms with van der Waals surface area (Å²) in [6, 6.07) is 21.0. The van der Waals surface area contributed by atoms with Crippen LogP contribution in [0.4, 0.5) is 17.6 Å². The SMILES string of the molecule is C=CCc1cccc(OC)c1OCc1cccc(-c2c3cccc(C(F)(F)F)c3nn2Cc2ccc(Cl)cc2F)c1. The van der Waals surface area contributed by atoms with Gasteiger partial charge in [0.1, 0.15) is 17.9 Å². The molecule has 1 aromatic heterocycles. The third-order valence-corrected chi connectivity index (χ3v) is 6.87. The highest BCUT2D eigenvalue weighted by atomic mass is 35.5. The van der Waals surface area contributed by atoms with Crippen molar-refractivity contribution in [2.45, 2.75) is 25.7 Å². The summed E-state index contributed by atoms with van der Waals surface area (Å²) in [4.78, 5) is 0. The predicted octanol–water partition coefficient (Wildman–Crippen LogP) is 8.88. The highest BCUT2D eigenvalue weighted by Gasteiger charge is 2.34. The quantitative estimate of drug-likeness (QED) is 0.129. The molecule has 0 aliphatic carbocycles. The van der Waals surface area contributed by atoms with Crippen molar-refractivity contribution >= 4 is 22.5 Å². The number of allylic oxidation sites excluding steroid dienone is 1. The summed E-state index contributed by atoms with van der Waals surface area (Å²) >= 11 is 5.91. The van der Waals surface area contributed by atoms with E-state index in [4.69, 9.17) is 21.1 Å². The molecule has 0 saturated carbocycles. The summed E-state index contributed by atoms with van der Waals surface area (Å²) in [5.41, 5.74) is 1.86. The van der Waals surface area contributed by atoms with Gasteiger partial charge in [0.05, 0.1) is 24.9 Å². The van der Waals surface area contributed by atoms with Gasteiger partial charge in [0.2, 0.25) is 0 Å². The van der Waals surface area contributed by atoms with Crippen molar-refractivity contribution in [2.24, 2.45) is 0 Å². The Morgan fingerprint density at radius 2 is 1.76 bits per heavy atom. The van der Waals surface area contributed by atoms with Crippen LogP contribution in [0.1, 0.15) is 22.3 Å². The van der Waals surface area contributed by atoms with E-state index in [0.29, 0.717) is 34.6 Å². The lowest BCUT2D eigenvalue weighted by Gasteiger charge is -2.15.